The molecule has 0 amide bonds. The average molecular weight is 325 g/mol. The second-order valence-corrected chi connectivity index (χ2v) is 6.23. The molecule has 0 radical (unpaired) electrons. The van der Waals surface area contributed by atoms with Gasteiger partial charge in [0, 0.05) is 25.2 Å². The molecule has 1 atom stereocenters. The summed E-state index contributed by atoms with van der Waals surface area (Å²) in [5, 5.41) is 11.0. The zero-order valence-electron chi connectivity index (χ0n) is 13.9. The quantitative estimate of drug-likeness (QED) is 0.918. The van der Waals surface area contributed by atoms with Gasteiger partial charge in [0.1, 0.15) is 0 Å². The maximum atomic E-state index is 12.2. The highest BCUT2D eigenvalue weighted by Gasteiger charge is 2.35. The van der Waals surface area contributed by atoms with Gasteiger partial charge < -0.3 is 14.7 Å². The van der Waals surface area contributed by atoms with Crippen LogP contribution in [0.1, 0.15) is 18.1 Å². The number of nitrogens with zero attached hydrogens (tertiary/aromatic N) is 1. The molecule has 1 aliphatic rings. The lowest BCUT2D eigenvalue weighted by Gasteiger charge is -2.30. The number of morpholine rings is 1. The van der Waals surface area contributed by atoms with E-state index in [9.17, 15) is 9.90 Å². The summed E-state index contributed by atoms with van der Waals surface area (Å²) >= 11 is 0. The van der Waals surface area contributed by atoms with Crippen molar-refractivity contribution in [1.29, 1.82) is 0 Å². The topological polar surface area (TPSA) is 49.8 Å². The lowest BCUT2D eigenvalue weighted by Crippen LogP contribution is -2.37. The zero-order chi connectivity index (χ0) is 17.0. The molecular formula is C20H23NO3. The Morgan fingerprint density at radius 3 is 2.29 bits per heavy atom. The Morgan fingerprint density at radius 2 is 1.71 bits per heavy atom. The number of aliphatic hydroxyl groups is 1. The van der Waals surface area contributed by atoms with Gasteiger partial charge in [-0.1, -0.05) is 42.5 Å². The molecule has 3 rings (SSSR count). The van der Waals surface area contributed by atoms with E-state index in [1.807, 2.05) is 54.6 Å². The van der Waals surface area contributed by atoms with Crippen LogP contribution in [0.3, 0.4) is 0 Å². The monoisotopic (exact) mass is 325 g/mol. The maximum Gasteiger partial charge on any atom is 0.166 e. The first-order valence-electron chi connectivity index (χ1n) is 8.30. The van der Waals surface area contributed by atoms with Crippen LogP contribution in [0.2, 0.25) is 0 Å². The Labute approximate surface area is 142 Å². The highest BCUT2D eigenvalue weighted by molar-refractivity contribution is 5.86. The molecule has 1 N–H and O–H groups in total. The summed E-state index contributed by atoms with van der Waals surface area (Å²) in [6.07, 6.45) is 0.278. The summed E-state index contributed by atoms with van der Waals surface area (Å²) in [5.41, 5.74) is 1.17. The largest absolute Gasteiger partial charge is 0.378 e. The van der Waals surface area contributed by atoms with Crippen molar-refractivity contribution in [1.82, 2.24) is 0 Å². The lowest BCUT2D eigenvalue weighted by atomic mass is 9.84. The molecule has 4 nitrogen and oxygen atoms in total. The summed E-state index contributed by atoms with van der Waals surface area (Å²) in [7, 11) is 0. The molecule has 1 unspecified atom stereocenters. The van der Waals surface area contributed by atoms with Crippen LogP contribution in [0.5, 0.6) is 0 Å². The fourth-order valence-corrected chi connectivity index (χ4v) is 3.09. The molecule has 4 heteroatoms. The van der Waals surface area contributed by atoms with E-state index in [2.05, 4.69) is 4.90 Å². The smallest absolute Gasteiger partial charge is 0.166 e. The number of carbonyl (C=O) groups is 1. The fraction of sp³-hybridized carbons (Fsp3) is 0.350. The molecule has 2 aromatic rings. The Hall–Kier alpha value is -2.17. The van der Waals surface area contributed by atoms with E-state index in [0.717, 1.165) is 37.6 Å². The van der Waals surface area contributed by atoms with Crippen molar-refractivity contribution in [3.8, 4) is 0 Å². The Bertz CT molecular complexity index is 678. The number of anilines is 1. The number of hydrogen-bond acceptors (Lipinski definition) is 4. The average Bonchev–Trinajstić information content (AvgIpc) is 2.63. The van der Waals surface area contributed by atoms with Crippen LogP contribution >= 0.6 is 0 Å². The van der Waals surface area contributed by atoms with Crippen molar-refractivity contribution in [3.05, 3.63) is 65.7 Å². The summed E-state index contributed by atoms with van der Waals surface area (Å²) < 4.78 is 5.37. The van der Waals surface area contributed by atoms with E-state index in [1.165, 1.54) is 6.92 Å². The Kier molecular flexibility index (Phi) is 4.97. The van der Waals surface area contributed by atoms with Gasteiger partial charge in [-0.15, -0.1) is 0 Å². The third-order valence-corrected chi connectivity index (χ3v) is 4.61. The van der Waals surface area contributed by atoms with E-state index in [1.54, 1.807) is 0 Å². The van der Waals surface area contributed by atoms with Crippen LogP contribution in [0.4, 0.5) is 5.69 Å². The molecule has 126 valence electrons. The molecule has 24 heavy (non-hydrogen) atoms. The van der Waals surface area contributed by atoms with Crippen molar-refractivity contribution in [2.75, 3.05) is 31.2 Å². The van der Waals surface area contributed by atoms with Crippen LogP contribution in [-0.4, -0.2) is 37.2 Å². The number of hydrogen-bond donors (Lipinski definition) is 1. The summed E-state index contributed by atoms with van der Waals surface area (Å²) in [6, 6.07) is 17.3. The zero-order valence-corrected chi connectivity index (χ0v) is 13.9. The SMILES string of the molecule is CC(=O)C(O)(Cc1ccccc1)c1ccc(N2CCOCC2)cc1. The minimum absolute atomic E-state index is 0.245. The molecule has 0 aliphatic carbocycles. The van der Waals surface area contributed by atoms with Gasteiger partial charge in [0.05, 0.1) is 13.2 Å². The van der Waals surface area contributed by atoms with Gasteiger partial charge in [-0.2, -0.15) is 0 Å². The predicted octanol–water partition coefficient (Wildman–Crippen LogP) is 2.54. The number of ether oxygens (including phenoxy) is 1. The van der Waals surface area contributed by atoms with Gasteiger partial charge in [-0.05, 0) is 30.2 Å². The lowest BCUT2D eigenvalue weighted by molar-refractivity contribution is -0.136. The Balaban J connectivity index is 1.84. The van der Waals surface area contributed by atoms with E-state index >= 15 is 0 Å². The molecule has 0 bridgehead atoms. The van der Waals surface area contributed by atoms with Crippen LogP contribution in [0, 0.1) is 0 Å². The molecule has 2 aromatic carbocycles. The standard InChI is InChI=1S/C20H23NO3/c1-16(22)20(23,15-17-5-3-2-4-6-17)18-7-9-19(10-8-18)21-11-13-24-14-12-21/h2-10,23H,11-15H2,1H3. The number of carbonyl (C=O) groups excluding carboxylic acids is 1. The van der Waals surface area contributed by atoms with Gasteiger partial charge in [0.2, 0.25) is 0 Å². The Morgan fingerprint density at radius 1 is 1.08 bits per heavy atom. The van der Waals surface area contributed by atoms with E-state index < -0.39 is 5.60 Å². The van der Waals surface area contributed by atoms with Crippen molar-refractivity contribution >= 4 is 11.5 Å². The van der Waals surface area contributed by atoms with E-state index in [4.69, 9.17) is 4.74 Å². The molecular weight excluding hydrogens is 302 g/mol. The molecule has 1 aliphatic heterocycles. The summed E-state index contributed by atoms with van der Waals surface area (Å²) in [5.74, 6) is -0.245. The first-order valence-corrected chi connectivity index (χ1v) is 8.30. The molecule has 0 spiro atoms. The maximum absolute atomic E-state index is 12.2. The minimum Gasteiger partial charge on any atom is -0.378 e. The van der Waals surface area contributed by atoms with Gasteiger partial charge >= 0.3 is 0 Å². The van der Waals surface area contributed by atoms with Crippen molar-refractivity contribution in [3.63, 3.8) is 0 Å². The first kappa shape index (κ1) is 16.7. The number of ketones is 1. The molecule has 0 aromatic heterocycles. The van der Waals surface area contributed by atoms with Crippen LogP contribution < -0.4 is 4.90 Å². The van der Waals surface area contributed by atoms with Crippen LogP contribution in [0.15, 0.2) is 54.6 Å². The third kappa shape index (κ3) is 3.50. The summed E-state index contributed by atoms with van der Waals surface area (Å²) in [4.78, 5) is 14.4. The van der Waals surface area contributed by atoms with Crippen molar-refractivity contribution in [2.45, 2.75) is 18.9 Å². The van der Waals surface area contributed by atoms with Crippen molar-refractivity contribution < 1.29 is 14.6 Å². The number of benzene rings is 2. The van der Waals surface area contributed by atoms with Crippen LogP contribution in [0.25, 0.3) is 0 Å². The highest BCUT2D eigenvalue weighted by Crippen LogP contribution is 2.29. The fourth-order valence-electron chi connectivity index (χ4n) is 3.09. The van der Waals surface area contributed by atoms with Gasteiger partial charge in [0.25, 0.3) is 0 Å². The molecule has 1 heterocycles. The van der Waals surface area contributed by atoms with Crippen LogP contribution in [-0.2, 0) is 21.6 Å². The molecule has 1 saturated heterocycles. The number of rotatable bonds is 5. The molecule has 1 fully saturated rings. The van der Waals surface area contributed by atoms with Crippen molar-refractivity contribution in [2.24, 2.45) is 0 Å². The van der Waals surface area contributed by atoms with Gasteiger partial charge in [-0.3, -0.25) is 4.79 Å². The summed E-state index contributed by atoms with van der Waals surface area (Å²) in [6.45, 7) is 4.62. The normalized spacial score (nSPS) is 17.3. The molecule has 0 saturated carbocycles. The highest BCUT2D eigenvalue weighted by atomic mass is 16.5. The van der Waals surface area contributed by atoms with E-state index in [0.29, 0.717) is 5.56 Å². The third-order valence-electron chi connectivity index (χ3n) is 4.61. The van der Waals surface area contributed by atoms with Gasteiger partial charge in [0.15, 0.2) is 11.4 Å². The van der Waals surface area contributed by atoms with E-state index in [-0.39, 0.29) is 12.2 Å². The van der Waals surface area contributed by atoms with Gasteiger partial charge in [-0.25, -0.2) is 0 Å². The first-order chi connectivity index (χ1) is 11.6. The second-order valence-electron chi connectivity index (χ2n) is 6.23. The second kappa shape index (κ2) is 7.16. The minimum atomic E-state index is -1.50. The predicted molar refractivity (Wildman–Crippen MR) is 94.2 cm³/mol. The number of Topliss-reactive ketones (excluding diaryl/α,β-unsaturated/α-hetero) is 1.